The van der Waals surface area contributed by atoms with Crippen LogP contribution >= 0.6 is 0 Å². The number of benzene rings is 1. The van der Waals surface area contributed by atoms with E-state index < -0.39 is 0 Å². The Hall–Kier alpha value is -2.60. The maximum atomic E-state index is 13.3. The summed E-state index contributed by atoms with van der Waals surface area (Å²) in [5.41, 5.74) is 7.16. The zero-order valence-corrected chi connectivity index (χ0v) is 15.1. The number of rotatable bonds is 6. The number of carbonyl (C=O) groups is 1. The first-order valence-electron chi connectivity index (χ1n) is 8.96. The van der Waals surface area contributed by atoms with E-state index in [0.717, 1.165) is 31.4 Å². The van der Waals surface area contributed by atoms with E-state index in [2.05, 4.69) is 4.98 Å². The summed E-state index contributed by atoms with van der Waals surface area (Å²) in [5.74, 6) is 1.12. The number of nitrogens with zero attached hydrogens (tertiary/aromatic N) is 2. The highest BCUT2D eigenvalue weighted by molar-refractivity contribution is 5.97. The molecule has 3 rings (SSSR count). The number of methoxy groups -OCH3 is 1. The van der Waals surface area contributed by atoms with Crippen molar-refractivity contribution in [1.29, 1.82) is 0 Å². The lowest BCUT2D eigenvalue weighted by Crippen LogP contribution is -2.38. The molecule has 1 amide bonds. The maximum absolute atomic E-state index is 13.3. The first-order valence-corrected chi connectivity index (χ1v) is 8.96. The van der Waals surface area contributed by atoms with Gasteiger partial charge in [0, 0.05) is 31.5 Å². The molecule has 2 N–H and O–H groups in total. The molecule has 1 aliphatic rings. The Labute approximate surface area is 153 Å². The van der Waals surface area contributed by atoms with Crippen molar-refractivity contribution in [1.82, 2.24) is 9.88 Å². The third-order valence-electron chi connectivity index (χ3n) is 4.63. The van der Waals surface area contributed by atoms with E-state index >= 15 is 0 Å². The molecule has 1 aromatic carbocycles. The van der Waals surface area contributed by atoms with Crippen molar-refractivity contribution in [3.63, 3.8) is 0 Å². The lowest BCUT2D eigenvalue weighted by atomic mass is 9.95. The van der Waals surface area contributed by atoms with Crippen molar-refractivity contribution in [2.45, 2.75) is 25.3 Å². The first kappa shape index (κ1) is 18.2. The second-order valence-electron chi connectivity index (χ2n) is 6.30. The van der Waals surface area contributed by atoms with Crippen LogP contribution in [0.5, 0.6) is 11.5 Å². The van der Waals surface area contributed by atoms with Crippen molar-refractivity contribution in [3.8, 4) is 11.5 Å². The van der Waals surface area contributed by atoms with E-state index in [1.165, 1.54) is 0 Å². The molecular weight excluding hydrogens is 330 g/mol. The summed E-state index contributed by atoms with van der Waals surface area (Å²) >= 11 is 0. The lowest BCUT2D eigenvalue weighted by molar-refractivity contribution is 0.0607. The molecule has 6 heteroatoms. The predicted octanol–water partition coefficient (Wildman–Crippen LogP) is 2.80. The molecule has 2 aromatic rings. The van der Waals surface area contributed by atoms with Crippen molar-refractivity contribution < 1.29 is 14.3 Å². The summed E-state index contributed by atoms with van der Waals surface area (Å²) in [5, 5.41) is 0. The minimum absolute atomic E-state index is 0.0340. The van der Waals surface area contributed by atoms with Gasteiger partial charge >= 0.3 is 0 Å². The van der Waals surface area contributed by atoms with Crippen LogP contribution in [0.1, 0.15) is 41.2 Å². The summed E-state index contributed by atoms with van der Waals surface area (Å²) in [4.78, 5) is 19.5. The fourth-order valence-electron chi connectivity index (χ4n) is 3.34. The molecule has 138 valence electrons. The van der Waals surface area contributed by atoms with Gasteiger partial charge in [0.15, 0.2) is 0 Å². The van der Waals surface area contributed by atoms with E-state index in [-0.39, 0.29) is 11.9 Å². The number of nitrogens with two attached hydrogens (primary N) is 1. The summed E-state index contributed by atoms with van der Waals surface area (Å²) in [6.07, 6.45) is 6.63. The third-order valence-corrected chi connectivity index (χ3v) is 4.63. The fraction of sp³-hybridized carbons (Fsp3) is 0.400. The van der Waals surface area contributed by atoms with Crippen LogP contribution in [0.25, 0.3) is 0 Å². The third kappa shape index (κ3) is 3.96. The van der Waals surface area contributed by atoms with Gasteiger partial charge in [0.1, 0.15) is 18.1 Å². The Kier molecular flexibility index (Phi) is 6.07. The van der Waals surface area contributed by atoms with Crippen molar-refractivity contribution in [2.75, 3.05) is 26.8 Å². The monoisotopic (exact) mass is 355 g/mol. The molecule has 26 heavy (non-hydrogen) atoms. The smallest absolute Gasteiger partial charge is 0.258 e. The molecule has 0 saturated carbocycles. The number of carbonyl (C=O) groups excluding carboxylic acids is 1. The average molecular weight is 355 g/mol. The van der Waals surface area contributed by atoms with Crippen molar-refractivity contribution >= 4 is 5.91 Å². The van der Waals surface area contributed by atoms with Crippen LogP contribution in [-0.2, 0) is 0 Å². The Morgan fingerprint density at radius 3 is 2.96 bits per heavy atom. The minimum atomic E-state index is -0.0340. The van der Waals surface area contributed by atoms with Gasteiger partial charge in [-0.15, -0.1) is 0 Å². The second kappa shape index (κ2) is 8.67. The van der Waals surface area contributed by atoms with Crippen LogP contribution in [0.4, 0.5) is 0 Å². The van der Waals surface area contributed by atoms with Gasteiger partial charge in [-0.25, -0.2) is 0 Å². The molecule has 1 atom stereocenters. The number of hydrogen-bond donors (Lipinski definition) is 1. The minimum Gasteiger partial charge on any atom is -0.497 e. The number of amides is 1. The van der Waals surface area contributed by atoms with E-state index in [9.17, 15) is 4.79 Å². The van der Waals surface area contributed by atoms with Gasteiger partial charge in [0.25, 0.3) is 5.91 Å². The van der Waals surface area contributed by atoms with Gasteiger partial charge < -0.3 is 20.1 Å². The molecule has 1 fully saturated rings. The second-order valence-corrected chi connectivity index (χ2v) is 6.30. The zero-order chi connectivity index (χ0) is 18.4. The number of ether oxygens (including phenoxy) is 2. The van der Waals surface area contributed by atoms with Gasteiger partial charge in [0.05, 0.1) is 18.7 Å². The van der Waals surface area contributed by atoms with Gasteiger partial charge in [-0.05, 0) is 43.0 Å². The molecule has 1 aromatic heterocycles. The first-order chi connectivity index (χ1) is 12.7. The SMILES string of the molecule is COc1ccc(C(=O)N2CCCC[C@H]2c2cccnc2)c(OCCN)c1. The van der Waals surface area contributed by atoms with Crippen LogP contribution in [0.15, 0.2) is 42.7 Å². The lowest BCUT2D eigenvalue weighted by Gasteiger charge is -2.36. The topological polar surface area (TPSA) is 77.7 Å². The number of aromatic nitrogens is 1. The maximum Gasteiger partial charge on any atom is 0.258 e. The van der Waals surface area contributed by atoms with E-state index in [1.807, 2.05) is 23.2 Å². The van der Waals surface area contributed by atoms with E-state index in [0.29, 0.717) is 30.2 Å². The van der Waals surface area contributed by atoms with E-state index in [4.69, 9.17) is 15.2 Å². The Morgan fingerprint density at radius 2 is 2.23 bits per heavy atom. The number of pyridine rings is 1. The molecule has 0 bridgehead atoms. The fourth-order valence-corrected chi connectivity index (χ4v) is 3.34. The van der Waals surface area contributed by atoms with Gasteiger partial charge in [-0.3, -0.25) is 9.78 Å². The average Bonchev–Trinajstić information content (AvgIpc) is 2.72. The summed E-state index contributed by atoms with van der Waals surface area (Å²) in [7, 11) is 1.59. The highest BCUT2D eigenvalue weighted by Crippen LogP contribution is 2.34. The van der Waals surface area contributed by atoms with Crippen molar-refractivity contribution in [2.24, 2.45) is 5.73 Å². The largest absolute Gasteiger partial charge is 0.497 e. The molecule has 0 aliphatic carbocycles. The molecular formula is C20H25N3O3. The Balaban J connectivity index is 1.91. The van der Waals surface area contributed by atoms with Crippen LogP contribution in [0, 0.1) is 0 Å². The molecule has 1 aliphatic heterocycles. The number of likely N-dealkylation sites (tertiary alicyclic amines) is 1. The summed E-state index contributed by atoms with van der Waals surface area (Å²) in [6.45, 7) is 1.45. The zero-order valence-electron chi connectivity index (χ0n) is 15.1. The molecule has 0 spiro atoms. The molecule has 0 unspecified atom stereocenters. The molecule has 6 nitrogen and oxygen atoms in total. The standard InChI is InChI=1S/C20H25N3O3/c1-25-16-7-8-17(19(13-16)26-12-9-21)20(24)23-11-3-2-6-18(23)15-5-4-10-22-14-15/h4-5,7-8,10,13-14,18H,2-3,6,9,11-12,21H2,1H3/t18-/m0/s1. The van der Waals surface area contributed by atoms with Crippen LogP contribution in [-0.4, -0.2) is 42.6 Å². The molecule has 2 heterocycles. The van der Waals surface area contributed by atoms with E-state index in [1.54, 1.807) is 31.5 Å². The van der Waals surface area contributed by atoms with Gasteiger partial charge in [0.2, 0.25) is 0 Å². The number of piperidine rings is 1. The summed E-state index contributed by atoms with van der Waals surface area (Å²) in [6, 6.07) is 9.27. The van der Waals surface area contributed by atoms with Gasteiger partial charge in [-0.2, -0.15) is 0 Å². The van der Waals surface area contributed by atoms with Crippen molar-refractivity contribution in [3.05, 3.63) is 53.9 Å². The highest BCUT2D eigenvalue weighted by atomic mass is 16.5. The normalized spacial score (nSPS) is 17.0. The summed E-state index contributed by atoms with van der Waals surface area (Å²) < 4.78 is 11.0. The molecule has 1 saturated heterocycles. The quantitative estimate of drug-likeness (QED) is 0.862. The Morgan fingerprint density at radius 1 is 1.35 bits per heavy atom. The van der Waals surface area contributed by atoms with Crippen LogP contribution in [0.3, 0.4) is 0 Å². The van der Waals surface area contributed by atoms with Crippen LogP contribution in [0.2, 0.25) is 0 Å². The predicted molar refractivity (Wildman–Crippen MR) is 99.4 cm³/mol. The number of hydrogen-bond acceptors (Lipinski definition) is 5. The molecule has 0 radical (unpaired) electrons. The Bertz CT molecular complexity index is 736. The highest BCUT2D eigenvalue weighted by Gasteiger charge is 2.30. The van der Waals surface area contributed by atoms with Gasteiger partial charge in [-0.1, -0.05) is 6.07 Å². The van der Waals surface area contributed by atoms with Crippen LogP contribution < -0.4 is 15.2 Å².